The van der Waals surface area contributed by atoms with Gasteiger partial charge < -0.3 is 20.7 Å². The van der Waals surface area contributed by atoms with Crippen molar-refractivity contribution in [2.45, 2.75) is 44.8 Å². The zero-order valence-corrected chi connectivity index (χ0v) is 17.2. The predicted molar refractivity (Wildman–Crippen MR) is 118 cm³/mol. The predicted octanol–water partition coefficient (Wildman–Crippen LogP) is 4.47. The van der Waals surface area contributed by atoms with Crippen LogP contribution in [-0.4, -0.2) is 22.2 Å². The second kappa shape index (κ2) is 6.97. The molecule has 7 nitrogen and oxygen atoms in total. The SMILES string of the molecule is Cc1cnc(Nc2ccc3c(c2)[C@@H]2NC(=O)OC2C3)nc1Nc1cccc2c1CCC2. The van der Waals surface area contributed by atoms with E-state index in [2.05, 4.69) is 51.3 Å². The van der Waals surface area contributed by atoms with Gasteiger partial charge in [-0.1, -0.05) is 18.2 Å². The van der Waals surface area contributed by atoms with Crippen molar-refractivity contribution in [2.24, 2.45) is 0 Å². The van der Waals surface area contributed by atoms with E-state index in [9.17, 15) is 4.79 Å². The topological polar surface area (TPSA) is 88.2 Å². The molecule has 1 aromatic heterocycles. The Bertz CT molecular complexity index is 1210. The summed E-state index contributed by atoms with van der Waals surface area (Å²) in [6, 6.07) is 12.5. The van der Waals surface area contributed by atoms with Crippen molar-refractivity contribution in [3.8, 4) is 0 Å². The number of aromatic nitrogens is 2. The van der Waals surface area contributed by atoms with Crippen molar-refractivity contribution in [1.82, 2.24) is 15.3 Å². The molecule has 1 unspecified atom stereocenters. The maximum absolute atomic E-state index is 11.6. The highest BCUT2D eigenvalue weighted by Crippen LogP contribution is 2.38. The minimum Gasteiger partial charge on any atom is -0.443 e. The van der Waals surface area contributed by atoms with Crippen LogP contribution < -0.4 is 16.0 Å². The quantitative estimate of drug-likeness (QED) is 0.585. The molecule has 0 spiro atoms. The maximum Gasteiger partial charge on any atom is 0.408 e. The number of nitrogens with zero attached hydrogens (tertiary/aromatic N) is 2. The summed E-state index contributed by atoms with van der Waals surface area (Å²) in [6.07, 6.45) is 5.57. The average molecular weight is 413 g/mol. The number of carbonyl (C=O) groups excluding carboxylic acids is 1. The Hall–Kier alpha value is -3.61. The summed E-state index contributed by atoms with van der Waals surface area (Å²) < 4.78 is 5.34. The maximum atomic E-state index is 11.6. The number of aryl methyl sites for hydroxylation is 2. The molecule has 2 heterocycles. The molecule has 3 N–H and O–H groups in total. The van der Waals surface area contributed by atoms with Gasteiger partial charge in [0.25, 0.3) is 0 Å². The van der Waals surface area contributed by atoms with Crippen molar-refractivity contribution in [2.75, 3.05) is 10.6 Å². The first-order valence-corrected chi connectivity index (χ1v) is 10.7. The monoisotopic (exact) mass is 413 g/mol. The largest absolute Gasteiger partial charge is 0.443 e. The van der Waals surface area contributed by atoms with E-state index in [1.54, 1.807) is 0 Å². The third-order valence-electron chi connectivity index (χ3n) is 6.43. The Morgan fingerprint density at radius 3 is 3.00 bits per heavy atom. The van der Waals surface area contributed by atoms with Gasteiger partial charge in [-0.05, 0) is 66.6 Å². The van der Waals surface area contributed by atoms with E-state index in [1.165, 1.54) is 23.1 Å². The first-order chi connectivity index (χ1) is 15.1. The summed E-state index contributed by atoms with van der Waals surface area (Å²) in [4.78, 5) is 20.8. The van der Waals surface area contributed by atoms with Crippen LogP contribution in [0.2, 0.25) is 0 Å². The third kappa shape index (κ3) is 3.17. The van der Waals surface area contributed by atoms with Crippen molar-refractivity contribution in [3.05, 3.63) is 70.4 Å². The molecule has 0 saturated carbocycles. The van der Waals surface area contributed by atoms with Crippen LogP contribution >= 0.6 is 0 Å². The molecule has 156 valence electrons. The molecule has 2 atom stereocenters. The Labute approximate surface area is 180 Å². The van der Waals surface area contributed by atoms with Gasteiger partial charge in [-0.2, -0.15) is 4.98 Å². The molecule has 0 radical (unpaired) electrons. The summed E-state index contributed by atoms with van der Waals surface area (Å²) in [5, 5.41) is 9.73. The Balaban J connectivity index is 1.26. The number of benzene rings is 2. The highest BCUT2D eigenvalue weighted by atomic mass is 16.6. The average Bonchev–Trinajstić information content (AvgIpc) is 3.45. The summed E-state index contributed by atoms with van der Waals surface area (Å²) in [6.45, 7) is 2.01. The van der Waals surface area contributed by atoms with E-state index in [-0.39, 0.29) is 18.2 Å². The first-order valence-electron chi connectivity index (χ1n) is 10.7. The molecular weight excluding hydrogens is 390 g/mol. The van der Waals surface area contributed by atoms with E-state index >= 15 is 0 Å². The van der Waals surface area contributed by atoms with Crippen LogP contribution in [0.15, 0.2) is 42.6 Å². The Morgan fingerprint density at radius 2 is 2.06 bits per heavy atom. The van der Waals surface area contributed by atoms with Gasteiger partial charge in [0.1, 0.15) is 11.9 Å². The van der Waals surface area contributed by atoms with Crippen LogP contribution in [0.4, 0.5) is 27.9 Å². The molecule has 1 saturated heterocycles. The number of carbonyl (C=O) groups is 1. The van der Waals surface area contributed by atoms with Gasteiger partial charge >= 0.3 is 6.09 Å². The number of nitrogens with one attached hydrogen (secondary N) is 3. The third-order valence-corrected chi connectivity index (χ3v) is 6.43. The van der Waals surface area contributed by atoms with Crippen molar-refractivity contribution < 1.29 is 9.53 Å². The van der Waals surface area contributed by atoms with Crippen molar-refractivity contribution >= 4 is 29.2 Å². The van der Waals surface area contributed by atoms with Crippen molar-refractivity contribution in [3.63, 3.8) is 0 Å². The highest BCUT2D eigenvalue weighted by molar-refractivity contribution is 5.73. The van der Waals surface area contributed by atoms with Gasteiger partial charge in [-0.15, -0.1) is 0 Å². The lowest BCUT2D eigenvalue weighted by atomic mass is 10.1. The summed E-state index contributed by atoms with van der Waals surface area (Å²) in [5.41, 5.74) is 8.11. The number of hydrogen-bond donors (Lipinski definition) is 3. The second-order valence-corrected chi connectivity index (χ2v) is 8.46. The molecular formula is C24H23N5O2. The molecule has 2 aliphatic carbocycles. The number of amides is 1. The van der Waals surface area contributed by atoms with Crippen LogP contribution in [0.25, 0.3) is 0 Å². The number of ether oxygens (including phenoxy) is 1. The Morgan fingerprint density at radius 1 is 1.13 bits per heavy atom. The van der Waals surface area contributed by atoms with Gasteiger partial charge in [0.05, 0.1) is 6.04 Å². The molecule has 6 rings (SSSR count). The smallest absolute Gasteiger partial charge is 0.408 e. The fourth-order valence-corrected chi connectivity index (χ4v) is 4.88. The van der Waals surface area contributed by atoms with Crippen LogP contribution in [0.3, 0.4) is 0 Å². The summed E-state index contributed by atoms with van der Waals surface area (Å²) >= 11 is 0. The zero-order valence-electron chi connectivity index (χ0n) is 17.2. The van der Waals surface area contributed by atoms with Gasteiger partial charge in [0.15, 0.2) is 0 Å². The number of rotatable bonds is 4. The molecule has 7 heteroatoms. The summed E-state index contributed by atoms with van der Waals surface area (Å²) in [5.74, 6) is 1.33. The number of alkyl carbamates (subject to hydrolysis) is 1. The number of anilines is 4. The van der Waals surface area contributed by atoms with Crippen LogP contribution in [0.5, 0.6) is 0 Å². The lowest BCUT2D eigenvalue weighted by molar-refractivity contribution is 0.136. The van der Waals surface area contributed by atoms with E-state index in [0.29, 0.717) is 5.95 Å². The lowest BCUT2D eigenvalue weighted by Crippen LogP contribution is -2.18. The first kappa shape index (κ1) is 18.2. The van der Waals surface area contributed by atoms with Crippen molar-refractivity contribution in [1.29, 1.82) is 0 Å². The van der Waals surface area contributed by atoms with Gasteiger partial charge in [-0.3, -0.25) is 0 Å². The van der Waals surface area contributed by atoms with E-state index < -0.39 is 0 Å². The number of fused-ring (bicyclic) bond motifs is 4. The fraction of sp³-hybridized carbons (Fsp3) is 0.292. The molecule has 0 bridgehead atoms. The van der Waals surface area contributed by atoms with E-state index in [1.807, 2.05) is 19.2 Å². The molecule has 3 aliphatic rings. The molecule has 1 amide bonds. The minimum absolute atomic E-state index is 0.0828. The summed E-state index contributed by atoms with van der Waals surface area (Å²) in [7, 11) is 0. The lowest BCUT2D eigenvalue weighted by Gasteiger charge is -2.14. The minimum atomic E-state index is -0.344. The normalized spacial score (nSPS) is 20.5. The zero-order chi connectivity index (χ0) is 20.9. The van der Waals surface area contributed by atoms with Crippen LogP contribution in [0, 0.1) is 6.92 Å². The molecule has 31 heavy (non-hydrogen) atoms. The second-order valence-electron chi connectivity index (χ2n) is 8.46. The van der Waals surface area contributed by atoms with Crippen LogP contribution in [0.1, 0.15) is 40.3 Å². The van der Waals surface area contributed by atoms with Gasteiger partial charge in [0.2, 0.25) is 5.95 Å². The molecule has 1 aliphatic heterocycles. The van der Waals surface area contributed by atoms with Gasteiger partial charge in [0, 0.05) is 29.6 Å². The Kier molecular flexibility index (Phi) is 4.09. The molecule has 1 fully saturated rings. The van der Waals surface area contributed by atoms with E-state index in [4.69, 9.17) is 9.72 Å². The standard InChI is InChI=1S/C24H23N5O2/c1-13-12-25-23(29-22(13)27-19-7-3-5-14-4-2-6-17(14)19)26-16-9-8-15-10-20-21(18(15)11-16)28-24(30)31-20/h3,5,7-9,11-12,20-21H,2,4,6,10H2,1H3,(H,28,30)(H2,25,26,27,29)/t20?,21-/m0/s1. The molecule has 3 aromatic rings. The highest BCUT2D eigenvalue weighted by Gasteiger charge is 2.41. The van der Waals surface area contributed by atoms with E-state index in [0.717, 1.165) is 47.6 Å². The van der Waals surface area contributed by atoms with Crippen LogP contribution in [-0.2, 0) is 24.0 Å². The fourth-order valence-electron chi connectivity index (χ4n) is 4.88. The molecule has 2 aromatic carbocycles. The number of hydrogen-bond acceptors (Lipinski definition) is 6. The van der Waals surface area contributed by atoms with Gasteiger partial charge in [-0.25, -0.2) is 9.78 Å².